The van der Waals surface area contributed by atoms with Crippen molar-refractivity contribution in [3.63, 3.8) is 0 Å². The van der Waals surface area contributed by atoms with Crippen LogP contribution in [0.1, 0.15) is 27.7 Å². The van der Waals surface area contributed by atoms with Crippen molar-refractivity contribution in [2.45, 2.75) is 33.7 Å². The Bertz CT molecular complexity index is 188. The second-order valence-electron chi connectivity index (χ2n) is 4.14. The zero-order valence-corrected chi connectivity index (χ0v) is 9.35. The molecule has 1 N–H and O–H groups in total. The molecule has 2 nitrogen and oxygen atoms in total. The second-order valence-corrected chi connectivity index (χ2v) is 4.14. The Morgan fingerprint density at radius 1 is 1.46 bits per heavy atom. The molecule has 1 heterocycles. The van der Waals surface area contributed by atoms with E-state index in [4.69, 9.17) is 0 Å². The van der Waals surface area contributed by atoms with Crippen molar-refractivity contribution in [3.8, 4) is 0 Å². The van der Waals surface area contributed by atoms with Crippen LogP contribution in [0.2, 0.25) is 0 Å². The van der Waals surface area contributed by atoms with E-state index in [-0.39, 0.29) is 0 Å². The highest BCUT2D eigenvalue weighted by molar-refractivity contribution is 5.22. The average molecular weight is 182 g/mol. The van der Waals surface area contributed by atoms with Gasteiger partial charge in [-0.1, -0.05) is 12.5 Å². The Balaban J connectivity index is 2.45. The Hall–Kier alpha value is -0.340. The smallest absolute Gasteiger partial charge is 0.0196 e. The van der Waals surface area contributed by atoms with Crippen LogP contribution in [-0.4, -0.2) is 37.1 Å². The van der Waals surface area contributed by atoms with Crippen LogP contribution in [0, 0.1) is 0 Å². The zero-order chi connectivity index (χ0) is 9.84. The normalized spacial score (nSPS) is 16.6. The van der Waals surface area contributed by atoms with Crippen molar-refractivity contribution in [3.05, 3.63) is 11.1 Å². The molecule has 0 aromatic carbocycles. The summed E-state index contributed by atoms with van der Waals surface area (Å²) in [5.41, 5.74) is 3.17. The van der Waals surface area contributed by atoms with E-state index in [9.17, 15) is 0 Å². The monoisotopic (exact) mass is 182 g/mol. The van der Waals surface area contributed by atoms with Gasteiger partial charge >= 0.3 is 0 Å². The third-order valence-electron chi connectivity index (χ3n) is 2.86. The third-order valence-corrected chi connectivity index (χ3v) is 2.86. The van der Waals surface area contributed by atoms with Crippen molar-refractivity contribution in [2.75, 3.05) is 26.2 Å². The third kappa shape index (κ3) is 2.82. The quantitative estimate of drug-likeness (QED) is 0.665. The van der Waals surface area contributed by atoms with Crippen LogP contribution in [0.15, 0.2) is 11.1 Å². The molecule has 0 radical (unpaired) electrons. The predicted molar refractivity (Wildman–Crippen MR) is 58.0 cm³/mol. The molecular formula is C11H22N2. The lowest BCUT2D eigenvalue weighted by atomic mass is 10.0. The first kappa shape index (κ1) is 10.7. The molecule has 0 amide bonds. The molecule has 1 fully saturated rings. The summed E-state index contributed by atoms with van der Waals surface area (Å²) >= 11 is 0. The standard InChI is InChI=1S/C11H22N2/c1-5-13(9(2)3)8-10(4)11-6-12-7-11/h9,12H,5-8H2,1-4H3. The van der Waals surface area contributed by atoms with E-state index in [2.05, 4.69) is 37.9 Å². The Labute approximate surface area is 82.0 Å². The molecule has 0 aromatic rings. The predicted octanol–water partition coefficient (Wildman–Crippen LogP) is 1.64. The van der Waals surface area contributed by atoms with Crippen LogP contribution in [-0.2, 0) is 0 Å². The molecule has 1 aliphatic rings. The highest BCUT2D eigenvalue weighted by Gasteiger charge is 2.13. The maximum Gasteiger partial charge on any atom is 0.0196 e. The molecule has 1 rings (SSSR count). The van der Waals surface area contributed by atoms with Gasteiger partial charge in [0.1, 0.15) is 0 Å². The summed E-state index contributed by atoms with van der Waals surface area (Å²) in [6, 6.07) is 0.661. The summed E-state index contributed by atoms with van der Waals surface area (Å²) in [5, 5.41) is 3.29. The Morgan fingerprint density at radius 3 is 2.38 bits per heavy atom. The molecule has 1 aliphatic heterocycles. The highest BCUT2D eigenvalue weighted by atomic mass is 15.1. The summed E-state index contributed by atoms with van der Waals surface area (Å²) in [7, 11) is 0. The van der Waals surface area contributed by atoms with Crippen LogP contribution < -0.4 is 5.32 Å². The largest absolute Gasteiger partial charge is 0.309 e. The van der Waals surface area contributed by atoms with Gasteiger partial charge < -0.3 is 5.32 Å². The summed E-state index contributed by atoms with van der Waals surface area (Å²) in [6.07, 6.45) is 0. The molecule has 0 aliphatic carbocycles. The summed E-state index contributed by atoms with van der Waals surface area (Å²) in [6.45, 7) is 13.5. The van der Waals surface area contributed by atoms with E-state index in [1.54, 1.807) is 11.1 Å². The van der Waals surface area contributed by atoms with Crippen molar-refractivity contribution in [1.82, 2.24) is 10.2 Å². The molecule has 0 saturated carbocycles. The van der Waals surface area contributed by atoms with Gasteiger partial charge in [-0.05, 0) is 32.9 Å². The molecule has 0 aromatic heterocycles. The van der Waals surface area contributed by atoms with E-state index in [1.165, 1.54) is 0 Å². The van der Waals surface area contributed by atoms with Crippen molar-refractivity contribution < 1.29 is 0 Å². The van der Waals surface area contributed by atoms with Crippen LogP contribution in [0.4, 0.5) is 0 Å². The molecule has 0 bridgehead atoms. The maximum atomic E-state index is 3.29. The fraction of sp³-hybridized carbons (Fsp3) is 0.818. The molecule has 0 spiro atoms. The summed E-state index contributed by atoms with van der Waals surface area (Å²) < 4.78 is 0. The molecule has 2 heteroatoms. The first-order valence-corrected chi connectivity index (χ1v) is 5.27. The van der Waals surface area contributed by atoms with Gasteiger partial charge in [0.15, 0.2) is 0 Å². The second kappa shape index (κ2) is 4.77. The Morgan fingerprint density at radius 2 is 2.08 bits per heavy atom. The van der Waals surface area contributed by atoms with Crippen molar-refractivity contribution >= 4 is 0 Å². The van der Waals surface area contributed by atoms with Gasteiger partial charge in [0, 0.05) is 25.7 Å². The highest BCUT2D eigenvalue weighted by Crippen LogP contribution is 2.11. The van der Waals surface area contributed by atoms with E-state index >= 15 is 0 Å². The first-order chi connectivity index (χ1) is 6.15. The molecule has 13 heavy (non-hydrogen) atoms. The van der Waals surface area contributed by atoms with Gasteiger partial charge in [-0.3, -0.25) is 4.90 Å². The van der Waals surface area contributed by atoms with Gasteiger partial charge in [-0.15, -0.1) is 0 Å². The minimum absolute atomic E-state index is 0.661. The number of rotatable bonds is 4. The summed E-state index contributed by atoms with van der Waals surface area (Å²) in [4.78, 5) is 2.50. The fourth-order valence-electron chi connectivity index (χ4n) is 1.63. The SMILES string of the molecule is CCN(CC(C)=C1CNC1)C(C)C. The van der Waals surface area contributed by atoms with Gasteiger partial charge in [-0.2, -0.15) is 0 Å². The molecule has 76 valence electrons. The van der Waals surface area contributed by atoms with Crippen molar-refractivity contribution in [1.29, 1.82) is 0 Å². The summed E-state index contributed by atoms with van der Waals surface area (Å²) in [5.74, 6) is 0. The van der Waals surface area contributed by atoms with Crippen LogP contribution in [0.25, 0.3) is 0 Å². The average Bonchev–Trinajstić information content (AvgIpc) is 1.96. The number of hydrogen-bond acceptors (Lipinski definition) is 2. The number of nitrogens with one attached hydrogen (secondary N) is 1. The fourth-order valence-corrected chi connectivity index (χ4v) is 1.63. The minimum Gasteiger partial charge on any atom is -0.309 e. The van der Waals surface area contributed by atoms with E-state index in [0.717, 1.165) is 26.2 Å². The van der Waals surface area contributed by atoms with E-state index in [0.29, 0.717) is 6.04 Å². The van der Waals surface area contributed by atoms with Gasteiger partial charge in [-0.25, -0.2) is 0 Å². The van der Waals surface area contributed by atoms with Crippen molar-refractivity contribution in [2.24, 2.45) is 0 Å². The lowest BCUT2D eigenvalue weighted by molar-refractivity contribution is 0.252. The topological polar surface area (TPSA) is 15.3 Å². The number of likely N-dealkylation sites (N-methyl/N-ethyl adjacent to an activating group) is 1. The van der Waals surface area contributed by atoms with Gasteiger partial charge in [0.05, 0.1) is 0 Å². The lowest BCUT2D eigenvalue weighted by Crippen LogP contribution is -2.38. The molecule has 1 saturated heterocycles. The van der Waals surface area contributed by atoms with Gasteiger partial charge in [0.25, 0.3) is 0 Å². The van der Waals surface area contributed by atoms with E-state index < -0.39 is 0 Å². The lowest BCUT2D eigenvalue weighted by Gasteiger charge is -2.29. The maximum absolute atomic E-state index is 3.29. The molecular weight excluding hydrogens is 160 g/mol. The van der Waals surface area contributed by atoms with Crippen LogP contribution in [0.3, 0.4) is 0 Å². The van der Waals surface area contributed by atoms with Gasteiger partial charge in [0.2, 0.25) is 0 Å². The molecule has 0 unspecified atom stereocenters. The zero-order valence-electron chi connectivity index (χ0n) is 9.35. The number of hydrogen-bond donors (Lipinski definition) is 1. The van der Waals surface area contributed by atoms with Crippen LogP contribution >= 0.6 is 0 Å². The first-order valence-electron chi connectivity index (χ1n) is 5.27. The van der Waals surface area contributed by atoms with Crippen LogP contribution in [0.5, 0.6) is 0 Å². The van der Waals surface area contributed by atoms with E-state index in [1.807, 2.05) is 0 Å². The Kier molecular flexibility index (Phi) is 3.94. The number of nitrogens with zero attached hydrogens (tertiary/aromatic N) is 1. The minimum atomic E-state index is 0.661. The molecule has 0 atom stereocenters.